The van der Waals surface area contributed by atoms with Crippen LogP contribution in [0, 0.1) is 0 Å². The lowest BCUT2D eigenvalue weighted by molar-refractivity contribution is 0.00422. The summed E-state index contributed by atoms with van der Waals surface area (Å²) >= 11 is 0. The molecule has 20 heavy (non-hydrogen) atoms. The zero-order valence-electron chi connectivity index (χ0n) is 11.9. The van der Waals surface area contributed by atoms with Gasteiger partial charge in [-0.15, -0.1) is 0 Å². The molecule has 1 aliphatic heterocycles. The SMILES string of the molecule is CN1CCN(c2ccc(C(O)C(O)CCO)cc2)CC1. The van der Waals surface area contributed by atoms with E-state index in [-0.39, 0.29) is 13.0 Å². The van der Waals surface area contributed by atoms with Crippen molar-refractivity contribution >= 4 is 5.69 Å². The number of anilines is 1. The van der Waals surface area contributed by atoms with Gasteiger partial charge in [-0.1, -0.05) is 12.1 Å². The lowest BCUT2D eigenvalue weighted by atomic mass is 10.0. The number of hydrogen-bond acceptors (Lipinski definition) is 5. The largest absolute Gasteiger partial charge is 0.396 e. The lowest BCUT2D eigenvalue weighted by Gasteiger charge is -2.34. The average Bonchev–Trinajstić information content (AvgIpc) is 2.48. The highest BCUT2D eigenvalue weighted by Gasteiger charge is 2.19. The summed E-state index contributed by atoms with van der Waals surface area (Å²) in [6, 6.07) is 7.66. The minimum atomic E-state index is -0.941. The van der Waals surface area contributed by atoms with E-state index in [4.69, 9.17) is 5.11 Å². The molecule has 1 saturated heterocycles. The van der Waals surface area contributed by atoms with Gasteiger partial charge in [0.15, 0.2) is 0 Å². The van der Waals surface area contributed by atoms with Gasteiger partial charge in [-0.3, -0.25) is 0 Å². The number of rotatable bonds is 5. The van der Waals surface area contributed by atoms with Gasteiger partial charge in [0, 0.05) is 38.5 Å². The van der Waals surface area contributed by atoms with E-state index in [1.54, 1.807) is 0 Å². The van der Waals surface area contributed by atoms with Gasteiger partial charge in [0.25, 0.3) is 0 Å². The molecule has 0 saturated carbocycles. The lowest BCUT2D eigenvalue weighted by Crippen LogP contribution is -2.44. The highest BCUT2D eigenvalue weighted by molar-refractivity contribution is 5.48. The topological polar surface area (TPSA) is 67.2 Å². The van der Waals surface area contributed by atoms with Gasteiger partial charge >= 0.3 is 0 Å². The quantitative estimate of drug-likeness (QED) is 0.720. The first kappa shape index (κ1) is 15.3. The smallest absolute Gasteiger partial charge is 0.105 e. The Morgan fingerprint density at radius 2 is 1.65 bits per heavy atom. The van der Waals surface area contributed by atoms with Gasteiger partial charge in [-0.25, -0.2) is 0 Å². The maximum atomic E-state index is 9.97. The Morgan fingerprint density at radius 3 is 2.20 bits per heavy atom. The Hall–Kier alpha value is -1.14. The standard InChI is InChI=1S/C15H24N2O3/c1-16-7-9-17(10-8-16)13-4-2-12(3-5-13)15(20)14(19)6-11-18/h2-5,14-15,18-20H,6-11H2,1H3. The normalized spacial score (nSPS) is 19.9. The van der Waals surface area contributed by atoms with Crippen molar-refractivity contribution in [1.82, 2.24) is 4.90 Å². The predicted molar refractivity (Wildman–Crippen MR) is 78.8 cm³/mol. The summed E-state index contributed by atoms with van der Waals surface area (Å²) in [5.41, 5.74) is 1.83. The van der Waals surface area contributed by atoms with E-state index >= 15 is 0 Å². The van der Waals surface area contributed by atoms with Crippen LogP contribution in [0.2, 0.25) is 0 Å². The molecule has 2 rings (SSSR count). The number of hydrogen-bond donors (Lipinski definition) is 3. The van der Waals surface area contributed by atoms with E-state index < -0.39 is 12.2 Å². The minimum absolute atomic E-state index is 0.127. The van der Waals surface area contributed by atoms with Crippen molar-refractivity contribution in [2.24, 2.45) is 0 Å². The van der Waals surface area contributed by atoms with Gasteiger partial charge in [0.05, 0.1) is 6.10 Å². The molecule has 5 nitrogen and oxygen atoms in total. The maximum Gasteiger partial charge on any atom is 0.105 e. The maximum absolute atomic E-state index is 9.97. The molecule has 0 radical (unpaired) electrons. The molecule has 0 aliphatic carbocycles. The monoisotopic (exact) mass is 280 g/mol. The summed E-state index contributed by atoms with van der Waals surface area (Å²) in [6.45, 7) is 3.99. The highest BCUT2D eigenvalue weighted by atomic mass is 16.3. The first-order valence-electron chi connectivity index (χ1n) is 7.12. The summed E-state index contributed by atoms with van der Waals surface area (Å²) in [4.78, 5) is 4.63. The molecule has 1 fully saturated rings. The molecule has 1 aliphatic rings. The molecular weight excluding hydrogens is 256 g/mol. The van der Waals surface area contributed by atoms with Gasteiger partial charge in [-0.2, -0.15) is 0 Å². The van der Waals surface area contributed by atoms with Gasteiger partial charge in [0.2, 0.25) is 0 Å². The third kappa shape index (κ3) is 3.70. The van der Waals surface area contributed by atoms with Crippen molar-refractivity contribution in [3.8, 4) is 0 Å². The Bertz CT molecular complexity index is 381. The van der Waals surface area contributed by atoms with Crippen molar-refractivity contribution in [3.63, 3.8) is 0 Å². The molecule has 3 N–H and O–H groups in total. The fourth-order valence-corrected chi connectivity index (χ4v) is 2.46. The first-order chi connectivity index (χ1) is 9.61. The molecule has 0 bridgehead atoms. The highest BCUT2D eigenvalue weighted by Crippen LogP contribution is 2.23. The minimum Gasteiger partial charge on any atom is -0.396 e. The van der Waals surface area contributed by atoms with Crippen molar-refractivity contribution in [1.29, 1.82) is 0 Å². The van der Waals surface area contributed by atoms with Crippen LogP contribution in [0.15, 0.2) is 24.3 Å². The van der Waals surface area contributed by atoms with Crippen molar-refractivity contribution in [3.05, 3.63) is 29.8 Å². The molecule has 1 aromatic rings. The zero-order chi connectivity index (χ0) is 14.5. The fraction of sp³-hybridized carbons (Fsp3) is 0.600. The van der Waals surface area contributed by atoms with E-state index in [1.165, 1.54) is 0 Å². The number of piperazine rings is 1. The zero-order valence-corrected chi connectivity index (χ0v) is 11.9. The van der Waals surface area contributed by atoms with Crippen LogP contribution in [0.3, 0.4) is 0 Å². The molecular formula is C15H24N2O3. The Morgan fingerprint density at radius 1 is 1.05 bits per heavy atom. The van der Waals surface area contributed by atoms with Gasteiger partial charge in [0.1, 0.15) is 6.10 Å². The number of aliphatic hydroxyl groups is 3. The summed E-state index contributed by atoms with van der Waals surface area (Å²) in [6.07, 6.45) is -1.68. The van der Waals surface area contributed by atoms with Crippen LogP contribution >= 0.6 is 0 Å². The van der Waals surface area contributed by atoms with Crippen LogP contribution in [-0.2, 0) is 0 Å². The van der Waals surface area contributed by atoms with E-state index in [9.17, 15) is 10.2 Å². The summed E-state index contributed by atoms with van der Waals surface area (Å²) in [7, 11) is 2.12. The van der Waals surface area contributed by atoms with Gasteiger partial charge in [-0.05, 0) is 31.2 Å². The number of benzene rings is 1. The van der Waals surface area contributed by atoms with Crippen LogP contribution in [0.25, 0.3) is 0 Å². The molecule has 0 amide bonds. The van der Waals surface area contributed by atoms with E-state index in [0.717, 1.165) is 31.9 Å². The molecule has 0 spiro atoms. The van der Waals surface area contributed by atoms with Crippen LogP contribution < -0.4 is 4.90 Å². The van der Waals surface area contributed by atoms with Crippen LogP contribution in [-0.4, -0.2) is 66.2 Å². The predicted octanol–water partition coefficient (Wildman–Crippen LogP) is 0.215. The average molecular weight is 280 g/mol. The van der Waals surface area contributed by atoms with Crippen molar-refractivity contribution in [2.75, 3.05) is 44.7 Å². The van der Waals surface area contributed by atoms with E-state index in [1.807, 2.05) is 24.3 Å². The van der Waals surface area contributed by atoms with Crippen LogP contribution in [0.5, 0.6) is 0 Å². The van der Waals surface area contributed by atoms with Crippen LogP contribution in [0.4, 0.5) is 5.69 Å². The molecule has 1 aromatic carbocycles. The number of aliphatic hydroxyl groups excluding tert-OH is 3. The Labute approximate surface area is 120 Å². The van der Waals surface area contributed by atoms with Crippen LogP contribution in [0.1, 0.15) is 18.1 Å². The third-order valence-electron chi connectivity index (χ3n) is 3.89. The first-order valence-corrected chi connectivity index (χ1v) is 7.12. The van der Waals surface area contributed by atoms with Crippen molar-refractivity contribution < 1.29 is 15.3 Å². The summed E-state index contributed by atoms with van der Waals surface area (Å²) in [5.74, 6) is 0. The Balaban J connectivity index is 1.99. The molecule has 112 valence electrons. The van der Waals surface area contributed by atoms with Gasteiger partial charge < -0.3 is 25.1 Å². The molecule has 2 unspecified atom stereocenters. The second kappa shape index (κ2) is 7.04. The third-order valence-corrected chi connectivity index (χ3v) is 3.89. The van der Waals surface area contributed by atoms with E-state index in [0.29, 0.717) is 5.56 Å². The number of likely N-dealkylation sites (N-methyl/N-ethyl adjacent to an activating group) is 1. The Kier molecular flexibility index (Phi) is 5.37. The number of nitrogens with zero attached hydrogens (tertiary/aromatic N) is 2. The molecule has 2 atom stereocenters. The second-order valence-electron chi connectivity index (χ2n) is 5.41. The second-order valence-corrected chi connectivity index (χ2v) is 5.41. The van der Waals surface area contributed by atoms with E-state index in [2.05, 4.69) is 16.8 Å². The summed E-state index contributed by atoms with van der Waals surface area (Å²) < 4.78 is 0. The fourth-order valence-electron chi connectivity index (χ4n) is 2.46. The van der Waals surface area contributed by atoms with Crippen molar-refractivity contribution in [2.45, 2.75) is 18.6 Å². The molecule has 1 heterocycles. The molecule has 5 heteroatoms. The summed E-state index contributed by atoms with van der Waals surface area (Å²) in [5, 5.41) is 28.5. The molecule has 0 aromatic heterocycles.